The minimum absolute atomic E-state index is 0.0289. The lowest BCUT2D eigenvalue weighted by atomic mass is 9.90. The van der Waals surface area contributed by atoms with E-state index in [1.807, 2.05) is 0 Å². The van der Waals surface area contributed by atoms with Crippen molar-refractivity contribution in [2.24, 2.45) is 5.92 Å². The number of halogens is 1. The van der Waals surface area contributed by atoms with Crippen LogP contribution in [0.4, 0.5) is 0 Å². The van der Waals surface area contributed by atoms with Crippen molar-refractivity contribution in [1.29, 1.82) is 0 Å². The fourth-order valence-electron chi connectivity index (χ4n) is 4.12. The smallest absolute Gasteiger partial charge is 0.339 e. The molecule has 1 heterocycles. The molecule has 4 rings (SSSR count). The van der Waals surface area contributed by atoms with Crippen LogP contribution >= 0.6 is 11.6 Å². The average molecular weight is 450 g/mol. The number of hydrogen-bond acceptors (Lipinski definition) is 5. The monoisotopic (exact) mass is 449 g/mol. The molecule has 0 unspecified atom stereocenters. The standard InChI is InChI=1S/C16H16ClNO4.C7H12O2/c1-18-15(19)8-21-14-7-13-11(6-12(14)17)9-4-2-3-5-10(9)16(20)22-13;8-7(9)6-4-2-1-3-5-6/h6-7H,2-5,8H2,1H3,(H,18,19);6H,1-5H2,(H,8,9). The molecule has 168 valence electrons. The first-order valence-electron chi connectivity index (χ1n) is 10.7. The van der Waals surface area contributed by atoms with Crippen LogP contribution in [-0.4, -0.2) is 30.6 Å². The third-order valence-electron chi connectivity index (χ3n) is 5.87. The van der Waals surface area contributed by atoms with Gasteiger partial charge in [0.15, 0.2) is 6.61 Å². The molecule has 2 aromatic rings. The van der Waals surface area contributed by atoms with Crippen LogP contribution in [0.3, 0.4) is 0 Å². The SMILES string of the molecule is CNC(=O)COc1cc2oc(=O)c3c(c2cc1Cl)CCCC3.O=C(O)C1CCCCC1. The van der Waals surface area contributed by atoms with Gasteiger partial charge in [0.1, 0.15) is 11.3 Å². The molecule has 0 saturated heterocycles. The Bertz CT molecular complexity index is 1010. The van der Waals surface area contributed by atoms with Crippen LogP contribution in [0.15, 0.2) is 21.3 Å². The molecule has 2 aliphatic rings. The van der Waals surface area contributed by atoms with Crippen LogP contribution in [-0.2, 0) is 22.4 Å². The van der Waals surface area contributed by atoms with Crippen LogP contribution in [0.25, 0.3) is 11.0 Å². The lowest BCUT2D eigenvalue weighted by Crippen LogP contribution is -2.24. The molecule has 1 saturated carbocycles. The normalized spacial score (nSPS) is 16.1. The molecule has 0 aliphatic heterocycles. The van der Waals surface area contributed by atoms with Gasteiger partial charge in [0.25, 0.3) is 5.91 Å². The first-order chi connectivity index (χ1) is 14.9. The van der Waals surface area contributed by atoms with E-state index in [-0.39, 0.29) is 24.1 Å². The number of rotatable bonds is 4. The van der Waals surface area contributed by atoms with Crippen molar-refractivity contribution in [3.63, 3.8) is 0 Å². The number of amides is 1. The van der Waals surface area contributed by atoms with Crippen molar-refractivity contribution >= 4 is 34.4 Å². The van der Waals surface area contributed by atoms with Crippen LogP contribution < -0.4 is 15.7 Å². The van der Waals surface area contributed by atoms with E-state index >= 15 is 0 Å². The van der Waals surface area contributed by atoms with Gasteiger partial charge in [0, 0.05) is 24.1 Å². The highest BCUT2D eigenvalue weighted by Crippen LogP contribution is 2.34. The Morgan fingerprint density at radius 2 is 1.81 bits per heavy atom. The third kappa shape index (κ3) is 5.79. The lowest BCUT2D eigenvalue weighted by Gasteiger charge is -2.17. The summed E-state index contributed by atoms with van der Waals surface area (Å²) in [5, 5.41) is 12.3. The maximum Gasteiger partial charge on any atom is 0.339 e. The summed E-state index contributed by atoms with van der Waals surface area (Å²) in [5.41, 5.74) is 1.94. The number of aliphatic carboxylic acids is 1. The average Bonchev–Trinajstić information content (AvgIpc) is 2.79. The molecule has 0 spiro atoms. The number of likely N-dealkylation sites (N-methyl/N-ethyl adjacent to an activating group) is 1. The molecule has 1 aromatic heterocycles. The summed E-state index contributed by atoms with van der Waals surface area (Å²) in [4.78, 5) is 33.7. The van der Waals surface area contributed by atoms with E-state index in [4.69, 9.17) is 25.9 Å². The Hall–Kier alpha value is -2.54. The van der Waals surface area contributed by atoms with Crippen LogP contribution in [0.5, 0.6) is 5.75 Å². The summed E-state index contributed by atoms with van der Waals surface area (Å²) in [6.07, 6.45) is 8.90. The second-order valence-corrected chi connectivity index (χ2v) is 8.37. The number of carboxylic acids is 1. The number of carboxylic acid groups (broad SMARTS) is 1. The Balaban J connectivity index is 0.000000254. The summed E-state index contributed by atoms with van der Waals surface area (Å²) < 4.78 is 10.8. The Morgan fingerprint density at radius 1 is 1.13 bits per heavy atom. The molecule has 2 N–H and O–H groups in total. The van der Waals surface area contributed by atoms with Crippen molar-refractivity contribution in [3.05, 3.63) is 38.7 Å². The predicted molar refractivity (Wildman–Crippen MR) is 118 cm³/mol. The summed E-state index contributed by atoms with van der Waals surface area (Å²) in [7, 11) is 1.53. The van der Waals surface area contributed by atoms with E-state index in [9.17, 15) is 14.4 Å². The first-order valence-corrected chi connectivity index (χ1v) is 11.1. The lowest BCUT2D eigenvalue weighted by molar-refractivity contribution is -0.142. The van der Waals surface area contributed by atoms with Crippen LogP contribution in [0.1, 0.15) is 56.1 Å². The van der Waals surface area contributed by atoms with Crippen LogP contribution in [0.2, 0.25) is 5.02 Å². The quantitative estimate of drug-likeness (QED) is 0.680. The van der Waals surface area contributed by atoms with E-state index in [0.717, 1.165) is 67.9 Å². The van der Waals surface area contributed by atoms with Gasteiger partial charge in [-0.25, -0.2) is 4.79 Å². The summed E-state index contributed by atoms with van der Waals surface area (Å²) in [6.45, 7) is -0.142. The van der Waals surface area contributed by atoms with E-state index in [2.05, 4.69) is 5.32 Å². The number of carbonyl (C=O) groups is 2. The van der Waals surface area contributed by atoms with Gasteiger partial charge in [-0.1, -0.05) is 30.9 Å². The maximum absolute atomic E-state index is 12.1. The number of nitrogens with one attached hydrogen (secondary N) is 1. The van der Waals surface area contributed by atoms with Gasteiger partial charge in [-0.2, -0.15) is 0 Å². The van der Waals surface area contributed by atoms with E-state index in [1.54, 1.807) is 12.1 Å². The summed E-state index contributed by atoms with van der Waals surface area (Å²) >= 11 is 6.24. The second kappa shape index (κ2) is 10.7. The molecule has 0 radical (unpaired) electrons. The van der Waals surface area contributed by atoms with Gasteiger partial charge < -0.3 is 19.6 Å². The fourth-order valence-corrected chi connectivity index (χ4v) is 4.34. The molecule has 2 aliphatic carbocycles. The minimum atomic E-state index is -0.602. The zero-order chi connectivity index (χ0) is 22.4. The Kier molecular flexibility index (Phi) is 7.96. The number of aryl methyl sites for hydroxylation is 1. The van der Waals surface area contributed by atoms with Crippen molar-refractivity contribution in [2.45, 2.75) is 57.8 Å². The number of fused-ring (bicyclic) bond motifs is 3. The molecule has 1 fully saturated rings. The molecule has 0 bridgehead atoms. The zero-order valence-corrected chi connectivity index (χ0v) is 18.4. The number of hydrogen-bond donors (Lipinski definition) is 2. The molecular formula is C23H28ClNO6. The summed E-state index contributed by atoms with van der Waals surface area (Å²) in [6, 6.07) is 3.33. The minimum Gasteiger partial charge on any atom is -0.482 e. The Morgan fingerprint density at radius 3 is 2.42 bits per heavy atom. The molecule has 0 atom stereocenters. The number of carbonyl (C=O) groups excluding carboxylic acids is 1. The van der Waals surface area contributed by atoms with Crippen molar-refractivity contribution in [3.8, 4) is 5.75 Å². The molecule has 31 heavy (non-hydrogen) atoms. The van der Waals surface area contributed by atoms with Crippen molar-refractivity contribution < 1.29 is 23.8 Å². The molecule has 1 amide bonds. The molecule has 7 nitrogen and oxygen atoms in total. The highest BCUT2D eigenvalue weighted by Gasteiger charge is 2.20. The molecular weight excluding hydrogens is 422 g/mol. The Labute approximate surface area is 185 Å². The van der Waals surface area contributed by atoms with E-state index in [1.165, 1.54) is 13.5 Å². The highest BCUT2D eigenvalue weighted by atomic mass is 35.5. The maximum atomic E-state index is 12.1. The van der Waals surface area contributed by atoms with Crippen molar-refractivity contribution in [2.75, 3.05) is 13.7 Å². The second-order valence-electron chi connectivity index (χ2n) is 7.97. The van der Waals surface area contributed by atoms with Gasteiger partial charge >= 0.3 is 11.6 Å². The molecule has 1 aromatic carbocycles. The predicted octanol–water partition coefficient (Wildman–Crippen LogP) is 4.10. The van der Waals surface area contributed by atoms with Crippen LogP contribution in [0, 0.1) is 5.92 Å². The summed E-state index contributed by atoms with van der Waals surface area (Å²) in [5.74, 6) is -0.562. The molecule has 8 heteroatoms. The fraction of sp³-hybridized carbons (Fsp3) is 0.522. The zero-order valence-electron chi connectivity index (χ0n) is 17.7. The van der Waals surface area contributed by atoms with Gasteiger partial charge in [-0.3, -0.25) is 9.59 Å². The number of benzene rings is 1. The van der Waals surface area contributed by atoms with Crippen molar-refractivity contribution in [1.82, 2.24) is 5.32 Å². The van der Waals surface area contributed by atoms with Gasteiger partial charge in [0.05, 0.1) is 10.9 Å². The van der Waals surface area contributed by atoms with E-state index in [0.29, 0.717) is 16.4 Å². The highest BCUT2D eigenvalue weighted by molar-refractivity contribution is 6.32. The van der Waals surface area contributed by atoms with Gasteiger partial charge in [-0.15, -0.1) is 0 Å². The number of ether oxygens (including phenoxy) is 1. The van der Waals surface area contributed by atoms with E-state index < -0.39 is 5.97 Å². The van der Waals surface area contributed by atoms with Gasteiger partial charge in [0.2, 0.25) is 0 Å². The first kappa shape index (κ1) is 23.1. The topological polar surface area (TPSA) is 106 Å². The largest absolute Gasteiger partial charge is 0.482 e. The third-order valence-corrected chi connectivity index (χ3v) is 6.16. The van der Waals surface area contributed by atoms with Gasteiger partial charge in [-0.05, 0) is 50.2 Å².